The van der Waals surface area contributed by atoms with Crippen LogP contribution in [-0.4, -0.2) is 29.0 Å². The lowest BCUT2D eigenvalue weighted by Crippen LogP contribution is -2.30. The summed E-state index contributed by atoms with van der Waals surface area (Å²) in [5.41, 5.74) is 6.28. The molecule has 0 aliphatic carbocycles. The highest BCUT2D eigenvalue weighted by Gasteiger charge is 2.16. The minimum absolute atomic E-state index is 0.0185. The number of amidine groups is 1. The topological polar surface area (TPSA) is 112 Å². The molecule has 1 heterocycles. The number of carbonyl (C=O) groups excluding carboxylic acids is 1. The summed E-state index contributed by atoms with van der Waals surface area (Å²) in [4.78, 5) is 28.0. The van der Waals surface area contributed by atoms with E-state index in [-0.39, 0.29) is 16.8 Å². The summed E-state index contributed by atoms with van der Waals surface area (Å²) in [6.45, 7) is 0. The van der Waals surface area contributed by atoms with Gasteiger partial charge in [0, 0.05) is 36.8 Å². The molecule has 0 aliphatic heterocycles. The number of nitrogens with one attached hydrogen (secondary N) is 1. The van der Waals surface area contributed by atoms with Crippen molar-refractivity contribution < 1.29 is 10.0 Å². The minimum atomic E-state index is -0.423. The molecular weight excluding hydrogens is 272 g/mol. The van der Waals surface area contributed by atoms with Gasteiger partial charge in [0.05, 0.1) is 0 Å². The summed E-state index contributed by atoms with van der Waals surface area (Å²) < 4.78 is 0. The molecule has 0 radical (unpaired) electrons. The van der Waals surface area contributed by atoms with E-state index in [0.29, 0.717) is 11.3 Å². The average molecular weight is 286 g/mol. The molecule has 0 fully saturated rings. The molecule has 21 heavy (non-hydrogen) atoms. The number of H-pyrrole nitrogens is 1. The number of rotatable bonds is 3. The maximum atomic E-state index is 12.3. The zero-order chi connectivity index (χ0) is 15.4. The molecule has 0 unspecified atom stereocenters. The number of nitrogens with zero attached hydrogens (tertiary/aromatic N) is 2. The van der Waals surface area contributed by atoms with Crippen LogP contribution in [0.15, 0.2) is 52.7 Å². The van der Waals surface area contributed by atoms with Gasteiger partial charge in [0.15, 0.2) is 11.3 Å². The zero-order valence-corrected chi connectivity index (χ0v) is 11.3. The molecular formula is C14H14N4O3. The van der Waals surface area contributed by atoms with Crippen molar-refractivity contribution in [3.05, 3.63) is 64.1 Å². The van der Waals surface area contributed by atoms with Crippen LogP contribution < -0.4 is 16.1 Å². The second kappa shape index (κ2) is 5.91. The number of hydrogen-bond donors (Lipinski definition) is 3. The molecule has 7 nitrogen and oxygen atoms in total. The van der Waals surface area contributed by atoms with Crippen LogP contribution in [0.1, 0.15) is 15.9 Å². The Balaban J connectivity index is 2.28. The lowest BCUT2D eigenvalue weighted by molar-refractivity contribution is 0.0991. The Morgan fingerprint density at radius 1 is 1.29 bits per heavy atom. The van der Waals surface area contributed by atoms with E-state index in [1.807, 2.05) is 0 Å². The molecule has 4 N–H and O–H groups in total. The van der Waals surface area contributed by atoms with Gasteiger partial charge in [-0.05, 0) is 24.3 Å². The predicted molar refractivity (Wildman–Crippen MR) is 78.7 cm³/mol. The van der Waals surface area contributed by atoms with Gasteiger partial charge in [-0.2, -0.15) is 0 Å². The van der Waals surface area contributed by atoms with Crippen molar-refractivity contribution in [1.29, 1.82) is 0 Å². The molecule has 0 aliphatic rings. The lowest BCUT2D eigenvalue weighted by atomic mass is 10.1. The molecule has 0 saturated carbocycles. The van der Waals surface area contributed by atoms with Crippen LogP contribution in [0.3, 0.4) is 0 Å². The van der Waals surface area contributed by atoms with Crippen LogP contribution in [0.5, 0.6) is 0 Å². The van der Waals surface area contributed by atoms with Crippen LogP contribution in [-0.2, 0) is 0 Å². The monoisotopic (exact) mass is 286 g/mol. The number of aromatic nitrogens is 1. The number of hydrogen-bond acceptors (Lipinski definition) is 4. The van der Waals surface area contributed by atoms with E-state index in [2.05, 4.69) is 10.1 Å². The highest BCUT2D eigenvalue weighted by Crippen LogP contribution is 2.15. The number of benzene rings is 1. The summed E-state index contributed by atoms with van der Waals surface area (Å²) in [6.07, 6.45) is 2.83. The molecule has 0 bridgehead atoms. The van der Waals surface area contributed by atoms with Crippen LogP contribution in [0.2, 0.25) is 0 Å². The average Bonchev–Trinajstić information content (AvgIpc) is 2.53. The molecule has 0 spiro atoms. The fourth-order valence-electron chi connectivity index (χ4n) is 1.79. The van der Waals surface area contributed by atoms with Crippen LogP contribution in [0.4, 0.5) is 5.69 Å². The minimum Gasteiger partial charge on any atom is -0.409 e. The van der Waals surface area contributed by atoms with E-state index >= 15 is 0 Å². The highest BCUT2D eigenvalue weighted by molar-refractivity contribution is 6.05. The van der Waals surface area contributed by atoms with E-state index in [1.165, 1.54) is 23.4 Å². The second-order valence-corrected chi connectivity index (χ2v) is 4.32. The third-order valence-corrected chi connectivity index (χ3v) is 3.02. The van der Waals surface area contributed by atoms with Gasteiger partial charge in [-0.25, -0.2) is 0 Å². The summed E-state index contributed by atoms with van der Waals surface area (Å²) in [7, 11) is 1.56. The molecule has 0 atom stereocenters. The molecule has 2 rings (SSSR count). The quantitative estimate of drug-likeness (QED) is 0.334. The van der Waals surface area contributed by atoms with Gasteiger partial charge in [0.25, 0.3) is 5.91 Å². The first-order valence-corrected chi connectivity index (χ1v) is 6.07. The Hall–Kier alpha value is -3.09. The Morgan fingerprint density at radius 2 is 1.95 bits per heavy atom. The van der Waals surface area contributed by atoms with Crippen LogP contribution in [0, 0.1) is 0 Å². The molecule has 108 valence electrons. The number of carbonyl (C=O) groups is 1. The Morgan fingerprint density at radius 3 is 2.52 bits per heavy atom. The van der Waals surface area contributed by atoms with E-state index < -0.39 is 5.91 Å². The number of nitrogens with two attached hydrogens (primary N) is 1. The van der Waals surface area contributed by atoms with Gasteiger partial charge in [0.2, 0.25) is 0 Å². The maximum Gasteiger partial charge on any atom is 0.263 e. The maximum absolute atomic E-state index is 12.3. The van der Waals surface area contributed by atoms with Gasteiger partial charge < -0.3 is 20.8 Å². The van der Waals surface area contributed by atoms with E-state index in [4.69, 9.17) is 10.9 Å². The van der Waals surface area contributed by atoms with Gasteiger partial charge in [0.1, 0.15) is 5.56 Å². The molecule has 1 aromatic carbocycles. The molecule has 2 aromatic rings. The first-order valence-electron chi connectivity index (χ1n) is 6.07. The lowest BCUT2D eigenvalue weighted by Gasteiger charge is -2.17. The SMILES string of the molecule is CN(C(=O)c1c[nH]ccc1=O)c1ccc(/C(N)=N/O)cc1. The van der Waals surface area contributed by atoms with Crippen LogP contribution >= 0.6 is 0 Å². The molecule has 0 saturated heterocycles. The van der Waals surface area contributed by atoms with Gasteiger partial charge in [-0.3, -0.25) is 9.59 Å². The summed E-state index contributed by atoms with van der Waals surface area (Å²) in [5.74, 6) is -0.441. The first kappa shape index (κ1) is 14.3. The second-order valence-electron chi connectivity index (χ2n) is 4.32. The summed E-state index contributed by atoms with van der Waals surface area (Å²) >= 11 is 0. The Bertz CT molecular complexity index is 734. The summed E-state index contributed by atoms with van der Waals surface area (Å²) in [6, 6.07) is 7.81. The largest absolute Gasteiger partial charge is 0.409 e. The molecule has 1 amide bonds. The van der Waals surface area contributed by atoms with Crippen molar-refractivity contribution in [3.63, 3.8) is 0 Å². The zero-order valence-electron chi connectivity index (χ0n) is 11.3. The van der Waals surface area contributed by atoms with E-state index in [1.54, 1.807) is 31.3 Å². The van der Waals surface area contributed by atoms with Gasteiger partial charge >= 0.3 is 0 Å². The Labute approximate surface area is 120 Å². The fraction of sp³-hybridized carbons (Fsp3) is 0.0714. The van der Waals surface area contributed by atoms with Crippen molar-refractivity contribution in [2.75, 3.05) is 11.9 Å². The van der Waals surface area contributed by atoms with Crippen molar-refractivity contribution >= 4 is 17.4 Å². The number of amides is 1. The number of anilines is 1. The highest BCUT2D eigenvalue weighted by atomic mass is 16.4. The van der Waals surface area contributed by atoms with Crippen molar-refractivity contribution in [1.82, 2.24) is 4.98 Å². The third-order valence-electron chi connectivity index (χ3n) is 3.02. The van der Waals surface area contributed by atoms with Crippen molar-refractivity contribution in [2.45, 2.75) is 0 Å². The standard InChI is InChI=1S/C14H14N4O3/c1-18(14(20)11-8-16-7-6-12(11)19)10-4-2-9(3-5-10)13(15)17-21/h2-8,21H,1H3,(H2,15,17)(H,16,19). The third kappa shape index (κ3) is 2.92. The number of oxime groups is 1. The normalized spacial score (nSPS) is 11.2. The van der Waals surface area contributed by atoms with E-state index in [0.717, 1.165) is 0 Å². The summed E-state index contributed by atoms with van der Waals surface area (Å²) in [5, 5.41) is 11.5. The molecule has 7 heteroatoms. The fourth-order valence-corrected chi connectivity index (χ4v) is 1.79. The van der Waals surface area contributed by atoms with Crippen LogP contribution in [0.25, 0.3) is 0 Å². The number of pyridine rings is 1. The van der Waals surface area contributed by atoms with Crippen molar-refractivity contribution in [3.8, 4) is 0 Å². The van der Waals surface area contributed by atoms with E-state index in [9.17, 15) is 9.59 Å². The molecule has 1 aromatic heterocycles. The predicted octanol–water partition coefficient (Wildman–Crippen LogP) is 0.746. The van der Waals surface area contributed by atoms with Gasteiger partial charge in [-0.1, -0.05) is 5.16 Å². The number of aromatic amines is 1. The Kier molecular flexibility index (Phi) is 4.03. The van der Waals surface area contributed by atoms with Gasteiger partial charge in [-0.15, -0.1) is 0 Å². The first-order chi connectivity index (χ1) is 10.0. The smallest absolute Gasteiger partial charge is 0.263 e. The van der Waals surface area contributed by atoms with Crippen molar-refractivity contribution in [2.24, 2.45) is 10.9 Å².